The fourth-order valence-electron chi connectivity index (χ4n) is 3.36. The Kier molecular flexibility index (Phi) is 5.04. The van der Waals surface area contributed by atoms with E-state index in [2.05, 4.69) is 4.98 Å². The first-order valence-electron chi connectivity index (χ1n) is 8.95. The lowest BCUT2D eigenvalue weighted by Gasteiger charge is -2.04. The molecule has 0 amide bonds. The maximum Gasteiger partial charge on any atom is 0.186 e. The number of aliphatic hydroxyl groups excluding tert-OH is 1. The van der Waals surface area contributed by atoms with Crippen LogP contribution in [0.25, 0.3) is 21.1 Å². The normalized spacial score (nSPS) is 12.4. The molecular weight excluding hydrogens is 404 g/mol. The van der Waals surface area contributed by atoms with Gasteiger partial charge in [0.05, 0.1) is 16.3 Å². The second-order valence-electron chi connectivity index (χ2n) is 6.66. The zero-order valence-corrected chi connectivity index (χ0v) is 16.2. The molecule has 0 spiro atoms. The molecule has 150 valence electrons. The fourth-order valence-corrected chi connectivity index (χ4v) is 4.34. The second kappa shape index (κ2) is 7.51. The van der Waals surface area contributed by atoms with Crippen LogP contribution >= 0.6 is 11.3 Å². The number of aliphatic hydroxyl groups is 1. The Morgan fingerprint density at radius 2 is 1.97 bits per heavy atom. The third-order valence-electron chi connectivity index (χ3n) is 4.60. The van der Waals surface area contributed by atoms with Crippen LogP contribution in [0.1, 0.15) is 23.9 Å². The minimum Gasteiger partial charge on any atom is -0.511 e. The molecule has 1 N–H and O–H groups in total. The Balaban J connectivity index is 1.79. The van der Waals surface area contributed by atoms with Gasteiger partial charge in [-0.15, -0.1) is 11.3 Å². The third-order valence-corrected chi connectivity index (χ3v) is 5.66. The molecule has 0 aliphatic heterocycles. The molecule has 0 unspecified atom stereocenters. The number of nitrogens with zero attached hydrogens (tertiary/aromatic N) is 2. The first-order chi connectivity index (χ1) is 13.9. The Morgan fingerprint density at radius 3 is 2.72 bits per heavy atom. The van der Waals surface area contributed by atoms with Gasteiger partial charge in [0.15, 0.2) is 11.6 Å². The summed E-state index contributed by atoms with van der Waals surface area (Å²) in [6.45, 7) is 2.11. The Bertz CT molecular complexity index is 1260. The summed E-state index contributed by atoms with van der Waals surface area (Å²) in [5.74, 6) is -3.59. The molecule has 3 nitrogen and oxygen atoms in total. The van der Waals surface area contributed by atoms with E-state index in [1.807, 2.05) is 6.92 Å². The average molecular weight is 420 g/mol. The van der Waals surface area contributed by atoms with Crippen LogP contribution in [0.5, 0.6) is 0 Å². The standard InChI is InChI=1S/C21H16F4N2OS/c1-2-3-13(28)10-27-9-11(14-7-12(22)4-5-17(14)27)6-18-26-20-19(25)15(23)8-16(24)21(20)29-18/h3-5,7-9,28H,2,6,10H2,1H3/b13-3+. The predicted octanol–water partition coefficient (Wildman–Crippen LogP) is 6.25. The van der Waals surface area contributed by atoms with Gasteiger partial charge in [0.2, 0.25) is 0 Å². The van der Waals surface area contributed by atoms with E-state index < -0.39 is 23.3 Å². The molecule has 29 heavy (non-hydrogen) atoms. The maximum absolute atomic E-state index is 14.0. The zero-order valence-electron chi connectivity index (χ0n) is 15.3. The molecule has 0 fully saturated rings. The van der Waals surface area contributed by atoms with Crippen LogP contribution in [-0.2, 0) is 13.0 Å². The monoisotopic (exact) mass is 420 g/mol. The van der Waals surface area contributed by atoms with Crippen LogP contribution in [0.4, 0.5) is 17.6 Å². The summed E-state index contributed by atoms with van der Waals surface area (Å²) in [6.07, 6.45) is 4.29. The van der Waals surface area contributed by atoms with E-state index in [1.165, 1.54) is 12.1 Å². The zero-order chi connectivity index (χ0) is 20.7. The van der Waals surface area contributed by atoms with Crippen LogP contribution in [0.3, 0.4) is 0 Å². The van der Waals surface area contributed by atoms with Gasteiger partial charge in [-0.1, -0.05) is 6.92 Å². The number of rotatable bonds is 5. The predicted molar refractivity (Wildman–Crippen MR) is 105 cm³/mol. The van der Waals surface area contributed by atoms with Crippen molar-refractivity contribution < 1.29 is 22.7 Å². The molecule has 2 aromatic carbocycles. The van der Waals surface area contributed by atoms with E-state index in [1.54, 1.807) is 22.9 Å². The lowest BCUT2D eigenvalue weighted by Crippen LogP contribution is -1.99. The van der Waals surface area contributed by atoms with Gasteiger partial charge in [0.1, 0.15) is 22.9 Å². The highest BCUT2D eigenvalue weighted by Gasteiger charge is 2.19. The van der Waals surface area contributed by atoms with Gasteiger partial charge < -0.3 is 9.67 Å². The minimum atomic E-state index is -1.29. The van der Waals surface area contributed by atoms with Crippen LogP contribution in [0.15, 0.2) is 42.3 Å². The molecular formula is C21H16F4N2OS. The number of benzene rings is 2. The molecule has 0 bridgehead atoms. The average Bonchev–Trinajstić information content (AvgIpc) is 3.23. The van der Waals surface area contributed by atoms with E-state index in [9.17, 15) is 22.7 Å². The van der Waals surface area contributed by atoms with Crippen molar-refractivity contribution in [3.05, 3.63) is 76.1 Å². The van der Waals surface area contributed by atoms with Gasteiger partial charge in [-0.25, -0.2) is 22.5 Å². The van der Waals surface area contributed by atoms with Gasteiger partial charge in [-0.05, 0) is 36.3 Å². The van der Waals surface area contributed by atoms with Crippen LogP contribution < -0.4 is 0 Å². The number of halogens is 4. The highest BCUT2D eigenvalue weighted by molar-refractivity contribution is 7.18. The number of thiazole rings is 1. The van der Waals surface area contributed by atoms with Crippen LogP contribution in [0, 0.1) is 23.3 Å². The molecule has 0 saturated heterocycles. The van der Waals surface area contributed by atoms with Crippen molar-refractivity contribution in [3.8, 4) is 0 Å². The van der Waals surface area contributed by atoms with E-state index in [-0.39, 0.29) is 28.9 Å². The van der Waals surface area contributed by atoms with Crippen molar-refractivity contribution in [3.63, 3.8) is 0 Å². The summed E-state index contributed by atoms with van der Waals surface area (Å²) < 4.78 is 57.0. The van der Waals surface area contributed by atoms with Crippen LogP contribution in [0.2, 0.25) is 0 Å². The smallest absolute Gasteiger partial charge is 0.186 e. The molecule has 2 heterocycles. The van der Waals surface area contributed by atoms with Crippen molar-refractivity contribution in [2.45, 2.75) is 26.3 Å². The SMILES string of the molecule is CC/C=C(/O)Cn1cc(Cc2nc3c(F)c(F)cc(F)c3s2)c2cc(F)ccc21. The molecule has 2 aromatic heterocycles. The molecule has 4 aromatic rings. The molecule has 0 saturated carbocycles. The lowest BCUT2D eigenvalue weighted by molar-refractivity contribution is 0.375. The number of hydrogen-bond donors (Lipinski definition) is 1. The summed E-state index contributed by atoms with van der Waals surface area (Å²) in [5, 5.41) is 11.0. The summed E-state index contributed by atoms with van der Waals surface area (Å²) >= 11 is 0.929. The van der Waals surface area contributed by atoms with E-state index in [0.29, 0.717) is 34.0 Å². The Hall–Kier alpha value is -2.87. The van der Waals surface area contributed by atoms with Crippen LogP contribution in [-0.4, -0.2) is 14.7 Å². The Labute approximate surface area is 167 Å². The van der Waals surface area contributed by atoms with Gasteiger partial charge in [0, 0.05) is 29.6 Å². The largest absolute Gasteiger partial charge is 0.511 e. The molecule has 8 heteroatoms. The molecule has 0 atom stereocenters. The molecule has 0 aliphatic rings. The first kappa shape index (κ1) is 19.4. The topological polar surface area (TPSA) is 38.0 Å². The van der Waals surface area contributed by atoms with Gasteiger partial charge in [-0.2, -0.15) is 0 Å². The van der Waals surface area contributed by atoms with E-state index in [0.717, 1.165) is 11.3 Å². The van der Waals surface area contributed by atoms with Gasteiger partial charge in [0.25, 0.3) is 0 Å². The minimum absolute atomic E-state index is 0.0580. The summed E-state index contributed by atoms with van der Waals surface area (Å²) in [4.78, 5) is 4.06. The highest BCUT2D eigenvalue weighted by atomic mass is 32.1. The van der Waals surface area contributed by atoms with Gasteiger partial charge in [-0.3, -0.25) is 0 Å². The van der Waals surface area contributed by atoms with Gasteiger partial charge >= 0.3 is 0 Å². The van der Waals surface area contributed by atoms with E-state index in [4.69, 9.17) is 0 Å². The first-order valence-corrected chi connectivity index (χ1v) is 9.77. The van der Waals surface area contributed by atoms with Crippen molar-refractivity contribution in [2.75, 3.05) is 0 Å². The van der Waals surface area contributed by atoms with E-state index >= 15 is 0 Å². The number of aromatic nitrogens is 2. The van der Waals surface area contributed by atoms with Crippen molar-refractivity contribution in [1.29, 1.82) is 0 Å². The number of fused-ring (bicyclic) bond motifs is 2. The van der Waals surface area contributed by atoms with Crippen molar-refractivity contribution in [2.24, 2.45) is 0 Å². The van der Waals surface area contributed by atoms with Crippen molar-refractivity contribution >= 4 is 32.5 Å². The van der Waals surface area contributed by atoms with Crippen molar-refractivity contribution in [1.82, 2.24) is 9.55 Å². The summed E-state index contributed by atoms with van der Waals surface area (Å²) in [6, 6.07) is 4.81. The molecule has 4 rings (SSSR count). The fraction of sp³-hybridized carbons (Fsp3) is 0.190. The third kappa shape index (κ3) is 3.60. The quantitative estimate of drug-likeness (QED) is 0.235. The number of allylic oxidation sites excluding steroid dienone is 2. The Morgan fingerprint density at radius 1 is 1.17 bits per heavy atom. The second-order valence-corrected chi connectivity index (χ2v) is 7.75. The lowest BCUT2D eigenvalue weighted by atomic mass is 10.1. The molecule has 0 aliphatic carbocycles. The summed E-state index contributed by atoms with van der Waals surface area (Å²) in [5.41, 5.74) is 1.05. The maximum atomic E-state index is 14.0. The summed E-state index contributed by atoms with van der Waals surface area (Å²) in [7, 11) is 0. The highest BCUT2D eigenvalue weighted by Crippen LogP contribution is 2.32. The number of hydrogen-bond acceptors (Lipinski definition) is 3. The molecule has 0 radical (unpaired) electrons.